The van der Waals surface area contributed by atoms with E-state index >= 15 is 0 Å². The molecule has 0 aromatic heterocycles. The average Bonchev–Trinajstić information content (AvgIpc) is 2.31. The highest BCUT2D eigenvalue weighted by atomic mass is 35.5. The van der Waals surface area contributed by atoms with Gasteiger partial charge in [-0.25, -0.2) is 8.78 Å². The lowest BCUT2D eigenvalue weighted by atomic mass is 10.0. The van der Waals surface area contributed by atoms with Gasteiger partial charge in [0, 0.05) is 5.56 Å². The summed E-state index contributed by atoms with van der Waals surface area (Å²) in [4.78, 5) is 11.0. The summed E-state index contributed by atoms with van der Waals surface area (Å²) in [6.07, 6.45) is 0. The van der Waals surface area contributed by atoms with E-state index in [1.165, 1.54) is 24.3 Å². The zero-order chi connectivity index (χ0) is 13.3. The maximum atomic E-state index is 13.8. The van der Waals surface area contributed by atoms with Crippen LogP contribution in [0.3, 0.4) is 0 Å². The molecule has 1 nitrogen and oxygen atoms in total. The number of halogens is 4. The Morgan fingerprint density at radius 2 is 1.83 bits per heavy atom. The zero-order valence-electron chi connectivity index (χ0n) is 8.88. The van der Waals surface area contributed by atoms with E-state index in [9.17, 15) is 13.6 Å². The fraction of sp³-hybridized carbons (Fsp3) is 0. The van der Waals surface area contributed by atoms with Gasteiger partial charge in [-0.1, -0.05) is 23.7 Å². The monoisotopic (exact) mass is 286 g/mol. The molecule has 0 amide bonds. The van der Waals surface area contributed by atoms with Crippen LogP contribution in [0.15, 0.2) is 36.4 Å². The second-order valence-corrected chi connectivity index (χ2v) is 4.35. The standard InChI is InChI=1S/C13H6Cl2F2O/c14-11-5-9(7-2-1-3-8(16)4-7)12(17)6-10(11)13(15)18/h1-6H. The molecular weight excluding hydrogens is 281 g/mol. The molecule has 0 N–H and O–H groups in total. The van der Waals surface area contributed by atoms with Gasteiger partial charge in [0.2, 0.25) is 0 Å². The summed E-state index contributed by atoms with van der Waals surface area (Å²) in [6, 6.07) is 7.62. The lowest BCUT2D eigenvalue weighted by Gasteiger charge is -2.07. The molecule has 18 heavy (non-hydrogen) atoms. The molecule has 0 fully saturated rings. The smallest absolute Gasteiger partial charge is 0.253 e. The summed E-state index contributed by atoms with van der Waals surface area (Å²) in [5.41, 5.74) is 0.333. The number of hydrogen-bond acceptors (Lipinski definition) is 1. The predicted molar refractivity (Wildman–Crippen MR) is 67.0 cm³/mol. The van der Waals surface area contributed by atoms with E-state index in [-0.39, 0.29) is 16.1 Å². The second-order valence-electron chi connectivity index (χ2n) is 3.60. The molecule has 0 saturated carbocycles. The van der Waals surface area contributed by atoms with Gasteiger partial charge in [0.25, 0.3) is 5.24 Å². The lowest BCUT2D eigenvalue weighted by Crippen LogP contribution is -1.95. The van der Waals surface area contributed by atoms with Crippen molar-refractivity contribution in [2.75, 3.05) is 0 Å². The SMILES string of the molecule is O=C(Cl)c1cc(F)c(-c2cccc(F)c2)cc1Cl. The normalized spacial score (nSPS) is 10.4. The first-order valence-electron chi connectivity index (χ1n) is 4.94. The van der Waals surface area contributed by atoms with Crippen molar-refractivity contribution >= 4 is 28.4 Å². The quantitative estimate of drug-likeness (QED) is 0.734. The fourth-order valence-electron chi connectivity index (χ4n) is 1.57. The van der Waals surface area contributed by atoms with E-state index in [0.717, 1.165) is 6.07 Å². The summed E-state index contributed by atoms with van der Waals surface area (Å²) < 4.78 is 26.9. The molecule has 0 heterocycles. The molecule has 0 aliphatic rings. The molecule has 2 rings (SSSR count). The molecule has 5 heteroatoms. The highest BCUT2D eigenvalue weighted by molar-refractivity contribution is 6.68. The minimum atomic E-state index is -0.843. The highest BCUT2D eigenvalue weighted by Crippen LogP contribution is 2.29. The van der Waals surface area contributed by atoms with Crippen molar-refractivity contribution in [2.24, 2.45) is 0 Å². The molecule has 0 aliphatic heterocycles. The third-order valence-corrected chi connectivity index (χ3v) is 2.92. The summed E-state index contributed by atoms with van der Waals surface area (Å²) >= 11 is 11.1. The lowest BCUT2D eigenvalue weighted by molar-refractivity contribution is 0.108. The topological polar surface area (TPSA) is 17.1 Å². The van der Waals surface area contributed by atoms with Gasteiger partial charge in [-0.05, 0) is 41.4 Å². The molecule has 92 valence electrons. The van der Waals surface area contributed by atoms with Gasteiger partial charge in [-0.3, -0.25) is 4.79 Å². The van der Waals surface area contributed by atoms with Crippen LogP contribution in [0.1, 0.15) is 10.4 Å². The van der Waals surface area contributed by atoms with E-state index in [4.69, 9.17) is 23.2 Å². The van der Waals surface area contributed by atoms with E-state index < -0.39 is 16.9 Å². The molecule has 0 saturated heterocycles. The molecule has 0 aliphatic carbocycles. The Morgan fingerprint density at radius 3 is 2.44 bits per heavy atom. The summed E-state index contributed by atoms with van der Waals surface area (Å²) in [6.45, 7) is 0. The van der Waals surface area contributed by atoms with Crippen LogP contribution < -0.4 is 0 Å². The van der Waals surface area contributed by atoms with Crippen molar-refractivity contribution in [3.8, 4) is 11.1 Å². The van der Waals surface area contributed by atoms with Crippen LogP contribution in [0.4, 0.5) is 8.78 Å². The van der Waals surface area contributed by atoms with Gasteiger partial charge in [-0.15, -0.1) is 0 Å². The number of benzene rings is 2. The summed E-state index contributed by atoms with van der Waals surface area (Å²) in [5, 5.41) is -0.819. The second kappa shape index (κ2) is 5.04. The first-order valence-corrected chi connectivity index (χ1v) is 5.69. The van der Waals surface area contributed by atoms with Crippen LogP contribution >= 0.6 is 23.2 Å². The van der Waals surface area contributed by atoms with Crippen LogP contribution in [-0.4, -0.2) is 5.24 Å². The first kappa shape index (κ1) is 13.0. The minimum Gasteiger partial charge on any atom is -0.276 e. The van der Waals surface area contributed by atoms with Crippen LogP contribution in [0.25, 0.3) is 11.1 Å². The number of carbonyl (C=O) groups is 1. The van der Waals surface area contributed by atoms with Crippen molar-refractivity contribution in [3.05, 3.63) is 58.6 Å². The number of rotatable bonds is 2. The molecule has 0 unspecified atom stereocenters. The van der Waals surface area contributed by atoms with Crippen LogP contribution in [0, 0.1) is 11.6 Å². The highest BCUT2D eigenvalue weighted by Gasteiger charge is 2.14. The van der Waals surface area contributed by atoms with E-state index in [1.807, 2.05) is 0 Å². The average molecular weight is 287 g/mol. The van der Waals surface area contributed by atoms with Crippen LogP contribution in [-0.2, 0) is 0 Å². The van der Waals surface area contributed by atoms with Gasteiger partial charge >= 0.3 is 0 Å². The van der Waals surface area contributed by atoms with Gasteiger partial charge < -0.3 is 0 Å². The van der Waals surface area contributed by atoms with Gasteiger partial charge in [-0.2, -0.15) is 0 Å². The molecule has 0 radical (unpaired) electrons. The predicted octanol–water partition coefficient (Wildman–Crippen LogP) is 4.66. The largest absolute Gasteiger partial charge is 0.276 e. The molecule has 0 atom stereocenters. The van der Waals surface area contributed by atoms with Crippen LogP contribution in [0.5, 0.6) is 0 Å². The van der Waals surface area contributed by atoms with Gasteiger partial charge in [0.1, 0.15) is 11.6 Å². The Morgan fingerprint density at radius 1 is 1.11 bits per heavy atom. The maximum Gasteiger partial charge on any atom is 0.253 e. The third-order valence-electron chi connectivity index (χ3n) is 2.40. The van der Waals surface area contributed by atoms with E-state index in [0.29, 0.717) is 5.56 Å². The van der Waals surface area contributed by atoms with Crippen molar-refractivity contribution in [2.45, 2.75) is 0 Å². The molecular formula is C13H6Cl2F2O. The minimum absolute atomic E-state index is 0.0238. The van der Waals surface area contributed by atoms with Crippen molar-refractivity contribution in [1.29, 1.82) is 0 Å². The maximum absolute atomic E-state index is 13.8. The Labute approximate surface area is 112 Å². The molecule has 2 aromatic rings. The Balaban J connectivity index is 2.60. The fourth-order valence-corrected chi connectivity index (χ4v) is 2.03. The molecule has 0 bridgehead atoms. The van der Waals surface area contributed by atoms with Gasteiger partial charge in [0.15, 0.2) is 0 Å². The summed E-state index contributed by atoms with van der Waals surface area (Å²) in [7, 11) is 0. The zero-order valence-corrected chi connectivity index (χ0v) is 10.4. The van der Waals surface area contributed by atoms with Crippen LogP contribution in [0.2, 0.25) is 5.02 Å². The number of hydrogen-bond donors (Lipinski definition) is 0. The molecule has 2 aromatic carbocycles. The third kappa shape index (κ3) is 2.52. The van der Waals surface area contributed by atoms with Crippen molar-refractivity contribution in [1.82, 2.24) is 0 Å². The Bertz CT molecular complexity index is 626. The molecule has 0 spiro atoms. The summed E-state index contributed by atoms with van der Waals surface area (Å²) in [5.74, 6) is -1.17. The van der Waals surface area contributed by atoms with Gasteiger partial charge in [0.05, 0.1) is 10.6 Å². The van der Waals surface area contributed by atoms with E-state index in [2.05, 4.69) is 0 Å². The Kier molecular flexibility index (Phi) is 3.64. The Hall–Kier alpha value is -1.45. The van der Waals surface area contributed by atoms with E-state index in [1.54, 1.807) is 6.07 Å². The van der Waals surface area contributed by atoms with Crippen molar-refractivity contribution in [3.63, 3.8) is 0 Å². The first-order chi connectivity index (χ1) is 8.49. The van der Waals surface area contributed by atoms with Crippen molar-refractivity contribution < 1.29 is 13.6 Å². The number of carbonyl (C=O) groups excluding carboxylic acids is 1.